The van der Waals surface area contributed by atoms with Crippen molar-refractivity contribution in [3.05, 3.63) is 24.3 Å². The zero-order valence-corrected chi connectivity index (χ0v) is 16.1. The Labute approximate surface area is 153 Å². The summed E-state index contributed by atoms with van der Waals surface area (Å²) in [6.07, 6.45) is 0.341. The Bertz CT molecular complexity index is 790. The van der Waals surface area contributed by atoms with Crippen LogP contribution in [0.3, 0.4) is 0 Å². The van der Waals surface area contributed by atoms with Crippen LogP contribution in [0, 0.1) is 11.3 Å². The number of carboxylic acids is 1. The highest BCUT2D eigenvalue weighted by Crippen LogP contribution is 2.48. The van der Waals surface area contributed by atoms with E-state index in [0.29, 0.717) is 5.75 Å². The molecule has 26 heavy (non-hydrogen) atoms. The van der Waals surface area contributed by atoms with Gasteiger partial charge >= 0.3 is 11.9 Å². The lowest BCUT2D eigenvalue weighted by molar-refractivity contribution is -0.159. The van der Waals surface area contributed by atoms with Crippen LogP contribution in [0.15, 0.2) is 29.2 Å². The molecule has 7 nitrogen and oxygen atoms in total. The van der Waals surface area contributed by atoms with Crippen LogP contribution < -0.4 is 4.74 Å². The lowest BCUT2D eigenvalue weighted by atomic mass is 9.73. The number of benzene rings is 1. The molecule has 1 fully saturated rings. The number of hydrogen-bond donors (Lipinski definition) is 1. The summed E-state index contributed by atoms with van der Waals surface area (Å²) >= 11 is 0. The average Bonchev–Trinajstić information content (AvgIpc) is 2.52. The van der Waals surface area contributed by atoms with E-state index in [4.69, 9.17) is 9.47 Å². The maximum Gasteiger partial charge on any atom is 0.311 e. The van der Waals surface area contributed by atoms with Gasteiger partial charge in [0.2, 0.25) is 0 Å². The van der Waals surface area contributed by atoms with Gasteiger partial charge in [-0.05, 0) is 57.9 Å². The lowest BCUT2D eigenvalue weighted by Crippen LogP contribution is -2.59. The standard InChI is InChI=1S/C18H24O7S/c1-17(2,3)16(21)25-11-18(10-9-14(18)15(19)20)26(22,23)13-7-5-12(24-4)6-8-13/h5-8,14H,9-11H2,1-4H3,(H,19,20). The van der Waals surface area contributed by atoms with E-state index in [-0.39, 0.29) is 17.7 Å². The summed E-state index contributed by atoms with van der Waals surface area (Å²) in [5.74, 6) is -2.42. The molecule has 1 aromatic carbocycles. The van der Waals surface area contributed by atoms with Crippen LogP contribution in [0.25, 0.3) is 0 Å². The molecule has 1 aliphatic carbocycles. The highest BCUT2D eigenvalue weighted by Gasteiger charge is 2.61. The summed E-state index contributed by atoms with van der Waals surface area (Å²) in [4.78, 5) is 23.7. The molecule has 2 atom stereocenters. The van der Waals surface area contributed by atoms with Crippen molar-refractivity contribution in [3.8, 4) is 5.75 Å². The topological polar surface area (TPSA) is 107 Å². The second-order valence-corrected chi connectivity index (χ2v) is 9.79. The van der Waals surface area contributed by atoms with Crippen molar-refractivity contribution in [1.82, 2.24) is 0 Å². The smallest absolute Gasteiger partial charge is 0.311 e. The molecule has 0 saturated heterocycles. The van der Waals surface area contributed by atoms with E-state index < -0.39 is 44.5 Å². The van der Waals surface area contributed by atoms with Gasteiger partial charge in [0.25, 0.3) is 0 Å². The molecule has 144 valence electrons. The Kier molecular flexibility index (Phi) is 5.37. The normalized spacial score (nSPS) is 23.0. The van der Waals surface area contributed by atoms with E-state index in [1.807, 2.05) is 0 Å². The van der Waals surface area contributed by atoms with E-state index in [0.717, 1.165) is 0 Å². The molecule has 1 saturated carbocycles. The van der Waals surface area contributed by atoms with Crippen molar-refractivity contribution in [2.24, 2.45) is 11.3 Å². The van der Waals surface area contributed by atoms with Crippen LogP contribution in [0.5, 0.6) is 5.75 Å². The molecule has 1 N–H and O–H groups in total. The van der Waals surface area contributed by atoms with Crippen LogP contribution in [0.4, 0.5) is 0 Å². The molecule has 0 radical (unpaired) electrons. The zero-order chi connectivity index (χ0) is 19.8. The van der Waals surface area contributed by atoms with Crippen LogP contribution in [-0.4, -0.2) is 43.9 Å². The first-order valence-corrected chi connectivity index (χ1v) is 9.73. The molecule has 0 spiro atoms. The molecular formula is C18H24O7S. The van der Waals surface area contributed by atoms with Gasteiger partial charge < -0.3 is 14.6 Å². The second kappa shape index (κ2) is 6.90. The Hall–Kier alpha value is -2.09. The molecule has 1 aromatic rings. The van der Waals surface area contributed by atoms with Crippen molar-refractivity contribution in [2.45, 2.75) is 43.3 Å². The van der Waals surface area contributed by atoms with Gasteiger partial charge in [-0.1, -0.05) is 0 Å². The number of esters is 1. The predicted octanol–water partition coefficient (Wildman–Crippen LogP) is 2.29. The Morgan fingerprint density at radius 1 is 1.23 bits per heavy atom. The minimum atomic E-state index is -4.04. The fraction of sp³-hybridized carbons (Fsp3) is 0.556. The lowest BCUT2D eigenvalue weighted by Gasteiger charge is -2.45. The second-order valence-electron chi connectivity index (χ2n) is 7.50. The van der Waals surface area contributed by atoms with Crippen molar-refractivity contribution in [1.29, 1.82) is 0 Å². The highest BCUT2D eigenvalue weighted by atomic mass is 32.2. The molecule has 0 bridgehead atoms. The zero-order valence-electron chi connectivity index (χ0n) is 15.3. The maximum atomic E-state index is 13.2. The van der Waals surface area contributed by atoms with Gasteiger partial charge in [0, 0.05) is 0 Å². The SMILES string of the molecule is COc1ccc(S(=O)(=O)C2(COC(=O)C(C)(C)C)CCC2C(=O)O)cc1. The van der Waals surface area contributed by atoms with Crippen LogP contribution in [-0.2, 0) is 24.2 Å². The Morgan fingerprint density at radius 2 is 1.81 bits per heavy atom. The molecule has 8 heteroatoms. The van der Waals surface area contributed by atoms with Crippen molar-refractivity contribution in [3.63, 3.8) is 0 Å². The number of carbonyl (C=O) groups excluding carboxylic acids is 1. The summed E-state index contributed by atoms with van der Waals surface area (Å²) < 4.78 is 35.0. The molecule has 1 aliphatic rings. The maximum absolute atomic E-state index is 13.2. The summed E-state index contributed by atoms with van der Waals surface area (Å²) in [5, 5.41) is 9.46. The van der Waals surface area contributed by atoms with Gasteiger partial charge in [-0.2, -0.15) is 0 Å². The van der Waals surface area contributed by atoms with E-state index in [1.54, 1.807) is 20.8 Å². The number of hydrogen-bond acceptors (Lipinski definition) is 6. The number of sulfone groups is 1. The first-order valence-electron chi connectivity index (χ1n) is 8.24. The van der Waals surface area contributed by atoms with Gasteiger partial charge in [-0.25, -0.2) is 8.42 Å². The molecule has 0 amide bonds. The van der Waals surface area contributed by atoms with Crippen LogP contribution >= 0.6 is 0 Å². The van der Waals surface area contributed by atoms with Gasteiger partial charge in [-0.3, -0.25) is 9.59 Å². The highest BCUT2D eigenvalue weighted by molar-refractivity contribution is 7.93. The fourth-order valence-corrected chi connectivity index (χ4v) is 5.08. The molecule has 2 unspecified atom stereocenters. The third-order valence-electron chi connectivity index (χ3n) is 4.75. The Balaban J connectivity index is 2.40. The molecule has 0 heterocycles. The number of methoxy groups -OCH3 is 1. The third-order valence-corrected chi connectivity index (χ3v) is 7.32. The van der Waals surface area contributed by atoms with E-state index >= 15 is 0 Å². The van der Waals surface area contributed by atoms with E-state index in [2.05, 4.69) is 0 Å². The van der Waals surface area contributed by atoms with E-state index in [1.165, 1.54) is 31.4 Å². The largest absolute Gasteiger partial charge is 0.497 e. The Morgan fingerprint density at radius 3 is 2.19 bits per heavy atom. The van der Waals surface area contributed by atoms with Crippen molar-refractivity contribution < 1.29 is 32.6 Å². The monoisotopic (exact) mass is 384 g/mol. The van der Waals surface area contributed by atoms with Crippen molar-refractivity contribution >= 4 is 21.8 Å². The summed E-state index contributed by atoms with van der Waals surface area (Å²) in [5.41, 5.74) is -0.812. The predicted molar refractivity (Wildman–Crippen MR) is 93.7 cm³/mol. The number of ether oxygens (including phenoxy) is 2. The number of rotatable bonds is 6. The molecular weight excluding hydrogens is 360 g/mol. The number of aliphatic carboxylic acids is 1. The first kappa shape index (κ1) is 20.2. The molecule has 0 aliphatic heterocycles. The van der Waals surface area contributed by atoms with Gasteiger partial charge in [-0.15, -0.1) is 0 Å². The molecule has 0 aromatic heterocycles. The third kappa shape index (κ3) is 3.42. The average molecular weight is 384 g/mol. The van der Waals surface area contributed by atoms with Gasteiger partial charge in [0.1, 0.15) is 17.1 Å². The number of carbonyl (C=O) groups is 2. The minimum absolute atomic E-state index is 0.0175. The van der Waals surface area contributed by atoms with Crippen LogP contribution in [0.1, 0.15) is 33.6 Å². The van der Waals surface area contributed by atoms with Crippen LogP contribution in [0.2, 0.25) is 0 Å². The fourth-order valence-electron chi connectivity index (χ4n) is 2.92. The van der Waals surface area contributed by atoms with Gasteiger partial charge in [0.15, 0.2) is 9.84 Å². The summed E-state index contributed by atoms with van der Waals surface area (Å²) in [6, 6.07) is 5.74. The van der Waals surface area contributed by atoms with Gasteiger partial charge in [0.05, 0.1) is 23.3 Å². The summed E-state index contributed by atoms with van der Waals surface area (Å²) in [7, 11) is -2.58. The minimum Gasteiger partial charge on any atom is -0.497 e. The first-order chi connectivity index (χ1) is 12.0. The van der Waals surface area contributed by atoms with E-state index in [9.17, 15) is 23.1 Å². The summed E-state index contributed by atoms with van der Waals surface area (Å²) in [6.45, 7) is 4.47. The van der Waals surface area contributed by atoms with Crippen molar-refractivity contribution in [2.75, 3.05) is 13.7 Å². The molecule has 2 rings (SSSR count). The quantitative estimate of drug-likeness (QED) is 0.750. The number of carboxylic acid groups (broad SMARTS) is 1.